The number of likely N-dealkylation sites (tertiary alicyclic amines) is 1. The van der Waals surface area contributed by atoms with E-state index in [1.54, 1.807) is 11.9 Å². The molecule has 1 rings (SSSR count). The smallest absolute Gasteiger partial charge is 0.315 e. The van der Waals surface area contributed by atoms with Crippen LogP contribution < -0.4 is 10.6 Å². The molecule has 2 unspecified atom stereocenters. The van der Waals surface area contributed by atoms with Gasteiger partial charge in [-0.3, -0.25) is 9.59 Å². The summed E-state index contributed by atoms with van der Waals surface area (Å²) in [5, 5.41) is 14.5. The normalized spacial score (nSPS) is 20.9. The zero-order valence-corrected chi connectivity index (χ0v) is 13.1. The first kappa shape index (κ1) is 17.3. The van der Waals surface area contributed by atoms with E-state index >= 15 is 0 Å². The van der Waals surface area contributed by atoms with Gasteiger partial charge in [0, 0.05) is 32.1 Å². The van der Waals surface area contributed by atoms with Crippen molar-refractivity contribution < 1.29 is 19.5 Å². The molecule has 0 aromatic carbocycles. The van der Waals surface area contributed by atoms with Crippen LogP contribution in [0.2, 0.25) is 0 Å². The van der Waals surface area contributed by atoms with Crippen LogP contribution in [0.3, 0.4) is 0 Å². The van der Waals surface area contributed by atoms with E-state index in [1.165, 1.54) is 0 Å². The zero-order chi connectivity index (χ0) is 16.2. The molecule has 7 nitrogen and oxygen atoms in total. The van der Waals surface area contributed by atoms with E-state index in [0.717, 1.165) is 0 Å². The van der Waals surface area contributed by atoms with E-state index in [1.807, 2.05) is 20.8 Å². The molecule has 0 spiro atoms. The molecule has 120 valence electrons. The Hall–Kier alpha value is -1.79. The fourth-order valence-electron chi connectivity index (χ4n) is 2.26. The molecule has 0 aromatic rings. The Morgan fingerprint density at radius 1 is 1.43 bits per heavy atom. The van der Waals surface area contributed by atoms with E-state index in [2.05, 4.69) is 10.6 Å². The first-order valence-electron chi connectivity index (χ1n) is 7.12. The number of hydrogen-bond donors (Lipinski definition) is 3. The van der Waals surface area contributed by atoms with Crippen LogP contribution >= 0.6 is 0 Å². The third-order valence-corrected chi connectivity index (χ3v) is 3.69. The van der Waals surface area contributed by atoms with Gasteiger partial charge in [-0.1, -0.05) is 20.8 Å². The molecule has 1 saturated heterocycles. The number of hydrogen-bond acceptors (Lipinski definition) is 3. The number of carboxylic acids is 1. The number of carbonyl (C=O) groups is 3. The number of nitrogens with zero attached hydrogens (tertiary/aromatic N) is 1. The summed E-state index contributed by atoms with van der Waals surface area (Å²) in [4.78, 5) is 35.9. The second kappa shape index (κ2) is 6.78. The molecule has 1 aliphatic heterocycles. The number of carboxylic acid groups (broad SMARTS) is 1. The monoisotopic (exact) mass is 299 g/mol. The molecule has 1 aliphatic rings. The van der Waals surface area contributed by atoms with Crippen LogP contribution in [-0.2, 0) is 9.59 Å². The van der Waals surface area contributed by atoms with Crippen LogP contribution in [0, 0.1) is 5.41 Å². The van der Waals surface area contributed by atoms with Crippen molar-refractivity contribution in [3.63, 3.8) is 0 Å². The average Bonchev–Trinajstić information content (AvgIpc) is 2.31. The lowest BCUT2D eigenvalue weighted by atomic mass is 9.85. The van der Waals surface area contributed by atoms with Gasteiger partial charge in [-0.15, -0.1) is 0 Å². The van der Waals surface area contributed by atoms with Crippen LogP contribution in [-0.4, -0.2) is 53.6 Å². The van der Waals surface area contributed by atoms with E-state index < -0.39 is 12.0 Å². The minimum Gasteiger partial charge on any atom is -0.481 e. The van der Waals surface area contributed by atoms with Crippen molar-refractivity contribution in [2.45, 2.75) is 52.1 Å². The predicted molar refractivity (Wildman–Crippen MR) is 77.8 cm³/mol. The summed E-state index contributed by atoms with van der Waals surface area (Å²) in [6, 6.07) is -0.944. The van der Waals surface area contributed by atoms with Crippen LogP contribution in [0.1, 0.15) is 40.0 Å². The molecular formula is C14H25N3O4. The lowest BCUT2D eigenvalue weighted by Crippen LogP contribution is -2.54. The summed E-state index contributed by atoms with van der Waals surface area (Å²) in [7, 11) is 1.70. The molecule has 1 fully saturated rings. The van der Waals surface area contributed by atoms with Crippen LogP contribution in [0.4, 0.5) is 4.79 Å². The maximum atomic E-state index is 12.0. The molecule has 0 radical (unpaired) electrons. The number of rotatable bonds is 4. The standard InChI is InChI=1S/C14H25N3O4/c1-14(2,3)10(7-12(19)20)16-13(21)15-9-5-6-11(18)17(4)8-9/h9-10H,5-8H2,1-4H3,(H,19,20)(H2,15,16,21). The van der Waals surface area contributed by atoms with E-state index in [4.69, 9.17) is 5.11 Å². The molecule has 3 amide bonds. The van der Waals surface area contributed by atoms with E-state index in [-0.39, 0.29) is 29.8 Å². The Labute approximate surface area is 125 Å². The first-order chi connectivity index (χ1) is 9.59. The van der Waals surface area contributed by atoms with E-state index in [0.29, 0.717) is 19.4 Å². The quantitative estimate of drug-likeness (QED) is 0.715. The van der Waals surface area contributed by atoms with Gasteiger partial charge in [0.25, 0.3) is 0 Å². The van der Waals surface area contributed by atoms with Crippen molar-refractivity contribution >= 4 is 17.9 Å². The SMILES string of the molecule is CN1CC(NC(=O)NC(CC(=O)O)C(C)(C)C)CCC1=O. The summed E-state index contributed by atoms with van der Waals surface area (Å²) in [6.07, 6.45) is 0.898. The van der Waals surface area contributed by atoms with Crippen LogP contribution in [0.25, 0.3) is 0 Å². The third kappa shape index (κ3) is 5.61. The Kier molecular flexibility index (Phi) is 5.57. The predicted octanol–water partition coefficient (Wildman–Crippen LogP) is 0.796. The number of carbonyl (C=O) groups excluding carboxylic acids is 2. The zero-order valence-electron chi connectivity index (χ0n) is 13.1. The summed E-state index contributed by atoms with van der Waals surface area (Å²) in [5.41, 5.74) is -0.352. The highest BCUT2D eigenvalue weighted by Gasteiger charge is 2.30. The van der Waals surface area contributed by atoms with Gasteiger partial charge >= 0.3 is 12.0 Å². The summed E-state index contributed by atoms with van der Waals surface area (Å²) in [5.74, 6) is -0.870. The number of likely N-dealkylation sites (N-methyl/N-ethyl adjacent to an activating group) is 1. The summed E-state index contributed by atoms with van der Waals surface area (Å²) in [6.45, 7) is 6.13. The molecule has 2 atom stereocenters. The number of amides is 3. The Balaban J connectivity index is 2.54. The fourth-order valence-corrected chi connectivity index (χ4v) is 2.26. The van der Waals surface area contributed by atoms with Crippen molar-refractivity contribution in [3.8, 4) is 0 Å². The van der Waals surface area contributed by atoms with Crippen LogP contribution in [0.15, 0.2) is 0 Å². The number of nitrogens with one attached hydrogen (secondary N) is 2. The van der Waals surface area contributed by atoms with Crippen molar-refractivity contribution in [1.82, 2.24) is 15.5 Å². The molecule has 0 saturated carbocycles. The van der Waals surface area contributed by atoms with Crippen LogP contribution in [0.5, 0.6) is 0 Å². The van der Waals surface area contributed by atoms with Gasteiger partial charge in [0.2, 0.25) is 5.91 Å². The van der Waals surface area contributed by atoms with Gasteiger partial charge in [-0.25, -0.2) is 4.79 Å². The molecule has 21 heavy (non-hydrogen) atoms. The maximum Gasteiger partial charge on any atom is 0.315 e. The lowest BCUT2D eigenvalue weighted by molar-refractivity contribution is -0.138. The minimum absolute atomic E-state index is 0.0758. The Morgan fingerprint density at radius 3 is 2.52 bits per heavy atom. The van der Waals surface area contributed by atoms with Crippen molar-refractivity contribution in [1.29, 1.82) is 0 Å². The van der Waals surface area contributed by atoms with Gasteiger partial charge < -0.3 is 20.6 Å². The fraction of sp³-hybridized carbons (Fsp3) is 0.786. The third-order valence-electron chi connectivity index (χ3n) is 3.69. The molecule has 1 heterocycles. The largest absolute Gasteiger partial charge is 0.481 e. The Bertz CT molecular complexity index is 417. The van der Waals surface area contributed by atoms with Gasteiger partial charge in [-0.2, -0.15) is 0 Å². The Morgan fingerprint density at radius 2 is 2.05 bits per heavy atom. The molecule has 0 bridgehead atoms. The van der Waals surface area contributed by atoms with Gasteiger partial charge in [-0.05, 0) is 11.8 Å². The molecule has 0 aliphatic carbocycles. The molecule has 7 heteroatoms. The second-order valence-corrected chi connectivity index (χ2v) is 6.64. The van der Waals surface area contributed by atoms with Crippen molar-refractivity contribution in [3.05, 3.63) is 0 Å². The summed E-state index contributed by atoms with van der Waals surface area (Å²) >= 11 is 0. The highest BCUT2D eigenvalue weighted by Crippen LogP contribution is 2.21. The lowest BCUT2D eigenvalue weighted by Gasteiger charge is -2.33. The average molecular weight is 299 g/mol. The van der Waals surface area contributed by atoms with Gasteiger partial charge in [0.05, 0.1) is 6.42 Å². The molecular weight excluding hydrogens is 274 g/mol. The second-order valence-electron chi connectivity index (χ2n) is 6.64. The molecule has 0 aromatic heterocycles. The summed E-state index contributed by atoms with van der Waals surface area (Å²) < 4.78 is 0. The highest BCUT2D eigenvalue weighted by molar-refractivity contribution is 5.78. The maximum absolute atomic E-state index is 12.0. The number of urea groups is 1. The van der Waals surface area contributed by atoms with E-state index in [9.17, 15) is 14.4 Å². The number of piperidine rings is 1. The van der Waals surface area contributed by atoms with Crippen molar-refractivity contribution in [2.24, 2.45) is 5.41 Å². The van der Waals surface area contributed by atoms with Crippen molar-refractivity contribution in [2.75, 3.05) is 13.6 Å². The minimum atomic E-state index is -0.946. The topological polar surface area (TPSA) is 98.7 Å². The van der Waals surface area contributed by atoms with Gasteiger partial charge in [0.1, 0.15) is 0 Å². The molecule has 3 N–H and O–H groups in total. The van der Waals surface area contributed by atoms with Gasteiger partial charge in [0.15, 0.2) is 0 Å². The number of aliphatic carboxylic acids is 1. The first-order valence-corrected chi connectivity index (χ1v) is 7.12. The highest BCUT2D eigenvalue weighted by atomic mass is 16.4.